The number of aliphatic hydroxyl groups is 2. The van der Waals surface area contributed by atoms with Gasteiger partial charge in [-0.15, -0.1) is 0 Å². The van der Waals surface area contributed by atoms with E-state index in [0.29, 0.717) is 18.8 Å². The molecule has 0 bridgehead atoms. The average molecular weight is 646 g/mol. The second-order valence-electron chi connectivity index (χ2n) is 10.7. The van der Waals surface area contributed by atoms with Crippen LogP contribution < -0.4 is 10.1 Å². The number of alkyl halides is 5. The van der Waals surface area contributed by atoms with Crippen molar-refractivity contribution in [3.05, 3.63) is 34.5 Å². The summed E-state index contributed by atoms with van der Waals surface area (Å²) in [5.41, 5.74) is -4.21. The fourth-order valence-electron chi connectivity index (χ4n) is 4.55. The van der Waals surface area contributed by atoms with Crippen molar-refractivity contribution >= 4 is 29.1 Å². The van der Waals surface area contributed by atoms with Crippen LogP contribution in [0.15, 0.2) is 18.2 Å². The SMILES string of the molecule is CCn1nc(C(=O)NCC2(O)CCC(C)CC2)c(Cl)c1-c1ccc([C@@H](O)C(C)(C)C(F)(F)F)cc1OC(F)F.O=S=O. The third-order valence-corrected chi connectivity index (χ3v) is 7.76. The first kappa shape index (κ1) is 35.6. The van der Waals surface area contributed by atoms with Crippen LogP contribution in [0.3, 0.4) is 0 Å². The molecule has 1 aliphatic carbocycles. The van der Waals surface area contributed by atoms with Crippen LogP contribution in [0.2, 0.25) is 5.02 Å². The van der Waals surface area contributed by atoms with Crippen molar-refractivity contribution in [2.24, 2.45) is 11.3 Å². The van der Waals surface area contributed by atoms with Gasteiger partial charge in [0.1, 0.15) is 5.75 Å². The van der Waals surface area contributed by atoms with Crippen molar-refractivity contribution in [2.75, 3.05) is 6.54 Å². The first-order chi connectivity index (χ1) is 19.4. The predicted molar refractivity (Wildman–Crippen MR) is 144 cm³/mol. The summed E-state index contributed by atoms with van der Waals surface area (Å²) in [6, 6.07) is 3.22. The van der Waals surface area contributed by atoms with E-state index in [-0.39, 0.29) is 40.6 Å². The van der Waals surface area contributed by atoms with Gasteiger partial charge in [-0.05, 0) is 70.1 Å². The molecule has 0 spiro atoms. The molecule has 16 heteroatoms. The van der Waals surface area contributed by atoms with Crippen molar-refractivity contribution in [3.63, 3.8) is 0 Å². The summed E-state index contributed by atoms with van der Waals surface area (Å²) in [5, 5.41) is 27.9. The van der Waals surface area contributed by atoms with Gasteiger partial charge in [-0.25, -0.2) is 0 Å². The molecule has 1 fully saturated rings. The van der Waals surface area contributed by atoms with Crippen molar-refractivity contribution in [3.8, 4) is 17.0 Å². The summed E-state index contributed by atoms with van der Waals surface area (Å²) >= 11 is 5.76. The molecule has 0 aliphatic heterocycles. The van der Waals surface area contributed by atoms with Crippen LogP contribution in [-0.2, 0) is 18.1 Å². The molecule has 1 amide bonds. The lowest BCUT2D eigenvalue weighted by molar-refractivity contribution is -0.243. The topological polar surface area (TPSA) is 131 Å². The quantitative estimate of drug-likeness (QED) is 0.309. The van der Waals surface area contributed by atoms with Crippen LogP contribution in [0.25, 0.3) is 11.3 Å². The highest BCUT2D eigenvalue weighted by molar-refractivity contribution is 7.51. The van der Waals surface area contributed by atoms with E-state index in [1.165, 1.54) is 10.7 Å². The molecule has 42 heavy (non-hydrogen) atoms. The van der Waals surface area contributed by atoms with Crippen molar-refractivity contribution in [2.45, 2.75) is 84.4 Å². The summed E-state index contributed by atoms with van der Waals surface area (Å²) in [7, 11) is 0. The Morgan fingerprint density at radius 3 is 2.33 bits per heavy atom. The Kier molecular flexibility index (Phi) is 12.1. The summed E-state index contributed by atoms with van der Waals surface area (Å²) in [5.74, 6) is -0.751. The molecule has 3 N–H and O–H groups in total. The van der Waals surface area contributed by atoms with Crippen molar-refractivity contribution < 1.29 is 50.1 Å². The average Bonchev–Trinajstić information content (AvgIpc) is 3.24. The van der Waals surface area contributed by atoms with Crippen LogP contribution >= 0.6 is 11.6 Å². The normalized spacial score (nSPS) is 20.0. The molecular formula is C26H33ClF5N3O6S. The van der Waals surface area contributed by atoms with Crippen LogP contribution in [0.1, 0.15) is 75.5 Å². The van der Waals surface area contributed by atoms with E-state index in [1.54, 1.807) is 6.92 Å². The minimum absolute atomic E-state index is 0.0233. The number of ether oxygens (including phenoxy) is 1. The lowest BCUT2D eigenvalue weighted by Crippen LogP contribution is -2.45. The van der Waals surface area contributed by atoms with E-state index in [0.717, 1.165) is 38.8 Å². The van der Waals surface area contributed by atoms with Crippen LogP contribution in [0.4, 0.5) is 22.0 Å². The number of aryl methyl sites for hydroxylation is 1. The lowest BCUT2D eigenvalue weighted by Gasteiger charge is -2.34. The van der Waals surface area contributed by atoms with Gasteiger partial charge >= 0.3 is 24.4 Å². The number of halogens is 6. The Labute approximate surface area is 248 Å². The highest BCUT2D eigenvalue weighted by Crippen LogP contribution is 2.48. The lowest BCUT2D eigenvalue weighted by atomic mass is 9.79. The van der Waals surface area contributed by atoms with Crippen LogP contribution in [0, 0.1) is 11.3 Å². The molecule has 3 rings (SSSR count). The zero-order chi connectivity index (χ0) is 32.0. The number of carbonyl (C=O) groups excluding carboxylic acids is 1. The maximum absolute atomic E-state index is 13.5. The molecule has 0 unspecified atom stereocenters. The third kappa shape index (κ3) is 8.26. The number of aliphatic hydroxyl groups excluding tert-OH is 1. The molecule has 1 atom stereocenters. The molecule has 1 aromatic carbocycles. The van der Waals surface area contributed by atoms with E-state index in [1.807, 2.05) is 0 Å². The fraction of sp³-hybridized carbons (Fsp3) is 0.615. The van der Waals surface area contributed by atoms with Crippen molar-refractivity contribution in [1.82, 2.24) is 15.1 Å². The van der Waals surface area contributed by atoms with E-state index in [2.05, 4.69) is 22.1 Å². The van der Waals surface area contributed by atoms with Gasteiger partial charge in [0.15, 0.2) is 5.69 Å². The number of aromatic nitrogens is 2. The summed E-state index contributed by atoms with van der Waals surface area (Å²) < 4.78 is 89.5. The van der Waals surface area contributed by atoms with E-state index in [9.17, 15) is 37.0 Å². The molecule has 1 saturated carbocycles. The van der Waals surface area contributed by atoms with Gasteiger partial charge in [0.2, 0.25) is 0 Å². The fourth-order valence-corrected chi connectivity index (χ4v) is 4.87. The molecule has 1 aliphatic rings. The number of nitrogens with one attached hydrogen (secondary N) is 1. The number of benzene rings is 1. The first-order valence-corrected chi connectivity index (χ1v) is 14.0. The number of hydrogen-bond acceptors (Lipinski definition) is 7. The molecule has 0 radical (unpaired) electrons. The second kappa shape index (κ2) is 14.2. The summed E-state index contributed by atoms with van der Waals surface area (Å²) in [4.78, 5) is 13.0. The molecule has 0 saturated heterocycles. The van der Waals surface area contributed by atoms with Crippen molar-refractivity contribution in [1.29, 1.82) is 0 Å². The van der Waals surface area contributed by atoms with Gasteiger partial charge in [-0.3, -0.25) is 9.48 Å². The number of amides is 1. The Bertz CT molecular complexity index is 1280. The molecule has 2 aromatic rings. The monoisotopic (exact) mass is 645 g/mol. The molecule has 236 valence electrons. The number of carbonyl (C=O) groups is 1. The predicted octanol–water partition coefficient (Wildman–Crippen LogP) is 5.45. The Balaban J connectivity index is 0.00000197. The molecule has 1 aromatic heterocycles. The van der Waals surface area contributed by atoms with Gasteiger partial charge in [0, 0.05) is 18.7 Å². The molecule has 9 nitrogen and oxygen atoms in total. The largest absolute Gasteiger partial charge is 0.434 e. The highest BCUT2D eigenvalue weighted by atomic mass is 35.5. The van der Waals surface area contributed by atoms with Crippen LogP contribution in [0.5, 0.6) is 5.75 Å². The van der Waals surface area contributed by atoms with Gasteiger partial charge in [-0.2, -0.15) is 35.5 Å². The maximum atomic E-state index is 13.5. The second-order valence-corrected chi connectivity index (χ2v) is 11.3. The number of nitrogens with zero attached hydrogens (tertiary/aromatic N) is 2. The number of hydrogen-bond donors (Lipinski definition) is 3. The van der Waals surface area contributed by atoms with E-state index < -0.39 is 53.1 Å². The van der Waals surface area contributed by atoms with Gasteiger partial charge in [-0.1, -0.05) is 24.6 Å². The Hall–Kier alpha value is -2.62. The minimum atomic E-state index is -4.79. The first-order valence-electron chi connectivity index (χ1n) is 12.9. The number of rotatable bonds is 9. The molecular weight excluding hydrogens is 613 g/mol. The zero-order valence-corrected chi connectivity index (χ0v) is 24.9. The van der Waals surface area contributed by atoms with Gasteiger partial charge in [0.25, 0.3) is 5.91 Å². The standard InChI is InChI=1S/C26H33ClF5N3O4.O2S/c1-5-35-20(18(27)19(34-35)22(37)33-13-25(38)10-8-14(2)9-11-25)16-7-6-15(12-17(16)39-23(28)29)21(36)24(3,4)26(30,31)32;1-3-2/h6-7,12,14,21,23,36,38H,5,8-11,13H2,1-4H3,(H,33,37);/t14?,21-,25?;/m1./s1. The van der Waals surface area contributed by atoms with Gasteiger partial charge in [0.05, 0.1) is 27.8 Å². The van der Waals surface area contributed by atoms with Crippen LogP contribution in [-0.4, -0.2) is 59.3 Å². The van der Waals surface area contributed by atoms with Gasteiger partial charge < -0.3 is 20.3 Å². The molecule has 1 heterocycles. The Morgan fingerprint density at radius 1 is 1.26 bits per heavy atom. The third-order valence-electron chi connectivity index (χ3n) is 7.40. The highest BCUT2D eigenvalue weighted by Gasteiger charge is 2.52. The smallest absolute Gasteiger partial charge is 0.396 e. The minimum Gasteiger partial charge on any atom is -0.434 e. The zero-order valence-electron chi connectivity index (χ0n) is 23.3. The van der Waals surface area contributed by atoms with E-state index >= 15 is 0 Å². The maximum Gasteiger partial charge on any atom is 0.396 e. The summed E-state index contributed by atoms with van der Waals surface area (Å²) in [6.07, 6.45) is -4.19. The Morgan fingerprint density at radius 2 is 1.83 bits per heavy atom. The summed E-state index contributed by atoms with van der Waals surface area (Å²) in [6.45, 7) is 2.12. The van der Waals surface area contributed by atoms with E-state index in [4.69, 9.17) is 20.0 Å².